The fraction of sp³-hybridized carbons (Fsp3) is 0.324. The molecule has 0 aliphatic carbocycles. The molecule has 0 aromatic heterocycles. The van der Waals surface area contributed by atoms with E-state index >= 15 is 0 Å². The molecule has 6 rings (SSSR count). The minimum absolute atomic E-state index is 0.0495. The van der Waals surface area contributed by atoms with Crippen LogP contribution < -0.4 is 5.32 Å². The van der Waals surface area contributed by atoms with E-state index in [4.69, 9.17) is 0 Å². The van der Waals surface area contributed by atoms with Gasteiger partial charge in [-0.25, -0.2) is 0 Å². The first-order valence-corrected chi connectivity index (χ1v) is 13.8. The van der Waals surface area contributed by atoms with Crippen molar-refractivity contribution in [3.05, 3.63) is 107 Å². The van der Waals surface area contributed by atoms with Crippen LogP contribution >= 0.6 is 0 Å². The Hall–Kier alpha value is -3.99. The van der Waals surface area contributed by atoms with Gasteiger partial charge in [0.05, 0.1) is 18.0 Å². The second-order valence-electron chi connectivity index (χ2n) is 12.0. The summed E-state index contributed by atoms with van der Waals surface area (Å²) >= 11 is 0. The lowest BCUT2D eigenvalue weighted by Gasteiger charge is -2.38. The fourth-order valence-corrected chi connectivity index (χ4v) is 6.92. The van der Waals surface area contributed by atoms with Crippen molar-refractivity contribution < 1.29 is 14.4 Å². The van der Waals surface area contributed by atoms with Gasteiger partial charge in [-0.1, -0.05) is 101 Å². The van der Waals surface area contributed by atoms with Crippen molar-refractivity contribution in [2.75, 3.05) is 5.32 Å². The Bertz CT molecular complexity index is 1510. The van der Waals surface area contributed by atoms with E-state index in [1.54, 1.807) is 0 Å². The number of Topliss-reactive ketones (excluding diaryl/α,β-unsaturated/α-hetero) is 2. The van der Waals surface area contributed by atoms with Crippen molar-refractivity contribution in [1.29, 1.82) is 0 Å². The second-order valence-corrected chi connectivity index (χ2v) is 12.0. The number of hydrogen-bond acceptors (Lipinski definition) is 4. The molecule has 0 bridgehead atoms. The standard InChI is InChI=1S/C34H34N2O3/c1-5-10-21-15-17-23(18-16-21)29(37)27-28(31(38)33(2,3)4)36-20-19-22-11-6-7-12-24(22)30(36)34(27)25-13-8-9-14-26(25)35-32(34)39/h6-9,11-20,27-28,30H,5,10H2,1-4H3,(H,35,39)/t27-,28+,30-,34-/m0/s1. The molecule has 0 unspecified atom stereocenters. The van der Waals surface area contributed by atoms with Crippen molar-refractivity contribution in [2.45, 2.75) is 58.0 Å². The minimum Gasteiger partial charge on any atom is -0.358 e. The SMILES string of the molecule is CCCc1ccc(C(=O)[C@@H]2[C@H](C(=O)C(C)(C)C)N3C=Cc4ccccc4[C@H]3[C@@]23C(=O)Nc2ccccc23)cc1. The predicted molar refractivity (Wildman–Crippen MR) is 153 cm³/mol. The Labute approximate surface area is 229 Å². The number of rotatable bonds is 5. The maximum Gasteiger partial charge on any atom is 0.238 e. The Morgan fingerprint density at radius 2 is 1.64 bits per heavy atom. The van der Waals surface area contributed by atoms with E-state index in [1.807, 2.05) is 111 Å². The third-order valence-corrected chi connectivity index (χ3v) is 8.64. The summed E-state index contributed by atoms with van der Waals surface area (Å²) in [6.07, 6.45) is 5.86. The highest BCUT2D eigenvalue weighted by Gasteiger charge is 2.71. The number of amides is 1. The van der Waals surface area contributed by atoms with Crippen LogP contribution in [0, 0.1) is 11.3 Å². The molecule has 3 aliphatic heterocycles. The number of carbonyl (C=O) groups excluding carboxylic acids is 3. The quantitative estimate of drug-likeness (QED) is 0.400. The summed E-state index contributed by atoms with van der Waals surface area (Å²) < 4.78 is 0. The highest BCUT2D eigenvalue weighted by atomic mass is 16.2. The largest absolute Gasteiger partial charge is 0.358 e. The van der Waals surface area contributed by atoms with Gasteiger partial charge in [0.1, 0.15) is 5.41 Å². The predicted octanol–water partition coefficient (Wildman–Crippen LogP) is 6.35. The summed E-state index contributed by atoms with van der Waals surface area (Å²) in [7, 11) is 0. The third-order valence-electron chi connectivity index (χ3n) is 8.64. The lowest BCUT2D eigenvalue weighted by atomic mass is 9.62. The van der Waals surface area contributed by atoms with E-state index in [1.165, 1.54) is 0 Å². The topological polar surface area (TPSA) is 66.5 Å². The molecule has 5 nitrogen and oxygen atoms in total. The second kappa shape index (κ2) is 9.04. The van der Waals surface area contributed by atoms with Crippen LogP contribution in [0.25, 0.3) is 6.08 Å². The molecule has 3 aliphatic rings. The third kappa shape index (κ3) is 3.63. The van der Waals surface area contributed by atoms with Crippen LogP contribution in [0.5, 0.6) is 0 Å². The molecular formula is C34H34N2O3. The monoisotopic (exact) mass is 518 g/mol. The molecule has 3 aromatic rings. The van der Waals surface area contributed by atoms with Gasteiger partial charge in [-0.05, 0) is 40.8 Å². The van der Waals surface area contributed by atoms with Gasteiger partial charge in [0.15, 0.2) is 11.6 Å². The van der Waals surface area contributed by atoms with Gasteiger partial charge in [-0.2, -0.15) is 0 Å². The molecule has 4 atom stereocenters. The number of para-hydroxylation sites is 1. The van der Waals surface area contributed by atoms with E-state index in [9.17, 15) is 14.4 Å². The average molecular weight is 519 g/mol. The number of fused-ring (bicyclic) bond motifs is 6. The smallest absolute Gasteiger partial charge is 0.238 e. The number of anilines is 1. The van der Waals surface area contributed by atoms with Crippen molar-refractivity contribution in [3.63, 3.8) is 0 Å². The van der Waals surface area contributed by atoms with E-state index in [0.29, 0.717) is 11.3 Å². The van der Waals surface area contributed by atoms with Gasteiger partial charge < -0.3 is 10.2 Å². The molecule has 5 heteroatoms. The molecule has 198 valence electrons. The number of ketones is 2. The van der Waals surface area contributed by atoms with Crippen LogP contribution in [0.2, 0.25) is 0 Å². The van der Waals surface area contributed by atoms with Gasteiger partial charge >= 0.3 is 0 Å². The van der Waals surface area contributed by atoms with Crippen molar-refractivity contribution in [3.8, 4) is 0 Å². The first kappa shape index (κ1) is 25.3. The summed E-state index contributed by atoms with van der Waals surface area (Å²) in [5, 5.41) is 3.10. The molecule has 1 N–H and O–H groups in total. The number of nitrogens with one attached hydrogen (secondary N) is 1. The van der Waals surface area contributed by atoms with Crippen LogP contribution in [0.3, 0.4) is 0 Å². The van der Waals surface area contributed by atoms with E-state index < -0.39 is 28.8 Å². The Balaban J connectivity index is 1.64. The van der Waals surface area contributed by atoms with Crippen LogP contribution in [0.15, 0.2) is 79.0 Å². The summed E-state index contributed by atoms with van der Waals surface area (Å²) in [5.41, 5.74) is 3.12. The fourth-order valence-electron chi connectivity index (χ4n) is 6.92. The van der Waals surface area contributed by atoms with Gasteiger partial charge in [0.25, 0.3) is 0 Å². The van der Waals surface area contributed by atoms with Gasteiger partial charge in [0, 0.05) is 22.9 Å². The molecule has 0 radical (unpaired) electrons. The van der Waals surface area contributed by atoms with Gasteiger partial charge in [0.2, 0.25) is 5.91 Å². The van der Waals surface area contributed by atoms with Crippen LogP contribution in [-0.4, -0.2) is 28.4 Å². The Kier molecular flexibility index (Phi) is 5.87. The van der Waals surface area contributed by atoms with E-state index in [-0.39, 0.29) is 17.5 Å². The van der Waals surface area contributed by atoms with Crippen molar-refractivity contribution >= 4 is 29.2 Å². The maximum atomic E-state index is 14.7. The van der Waals surface area contributed by atoms with Crippen molar-refractivity contribution in [2.24, 2.45) is 11.3 Å². The molecule has 39 heavy (non-hydrogen) atoms. The highest BCUT2D eigenvalue weighted by Crippen LogP contribution is 2.62. The number of aryl methyl sites for hydroxylation is 1. The first-order chi connectivity index (χ1) is 18.7. The number of hydrogen-bond donors (Lipinski definition) is 1. The summed E-state index contributed by atoms with van der Waals surface area (Å²) in [5.74, 6) is -1.36. The zero-order chi connectivity index (χ0) is 27.5. The molecule has 3 heterocycles. The molecule has 1 fully saturated rings. The number of carbonyl (C=O) groups is 3. The molecule has 1 saturated heterocycles. The van der Waals surface area contributed by atoms with Crippen LogP contribution in [-0.2, 0) is 21.4 Å². The number of benzene rings is 3. The summed E-state index contributed by atoms with van der Waals surface area (Å²) in [4.78, 5) is 45.5. The summed E-state index contributed by atoms with van der Waals surface area (Å²) in [6.45, 7) is 7.80. The Morgan fingerprint density at radius 3 is 2.36 bits per heavy atom. The molecular weight excluding hydrogens is 484 g/mol. The van der Waals surface area contributed by atoms with Crippen molar-refractivity contribution in [1.82, 2.24) is 4.90 Å². The Morgan fingerprint density at radius 1 is 0.949 bits per heavy atom. The average Bonchev–Trinajstić information content (AvgIpc) is 3.40. The van der Waals surface area contributed by atoms with Crippen LogP contribution in [0.4, 0.5) is 5.69 Å². The normalized spacial score (nSPS) is 24.8. The van der Waals surface area contributed by atoms with Gasteiger partial charge in [-0.15, -0.1) is 0 Å². The first-order valence-electron chi connectivity index (χ1n) is 13.8. The lowest BCUT2D eigenvalue weighted by Crippen LogP contribution is -2.50. The molecule has 3 aromatic carbocycles. The highest BCUT2D eigenvalue weighted by molar-refractivity contribution is 6.15. The minimum atomic E-state index is -1.28. The van der Waals surface area contributed by atoms with Crippen LogP contribution in [0.1, 0.15) is 72.8 Å². The zero-order valence-corrected chi connectivity index (χ0v) is 22.9. The van der Waals surface area contributed by atoms with E-state index in [0.717, 1.165) is 35.1 Å². The molecule has 0 saturated carbocycles. The number of nitrogens with zero attached hydrogens (tertiary/aromatic N) is 1. The molecule has 1 spiro atoms. The lowest BCUT2D eigenvalue weighted by molar-refractivity contribution is -0.131. The zero-order valence-electron chi connectivity index (χ0n) is 22.9. The molecule has 1 amide bonds. The van der Waals surface area contributed by atoms with E-state index in [2.05, 4.69) is 12.2 Å². The maximum absolute atomic E-state index is 14.7. The summed E-state index contributed by atoms with van der Waals surface area (Å²) in [6, 6.07) is 22.0. The van der Waals surface area contributed by atoms with Gasteiger partial charge in [-0.3, -0.25) is 14.4 Å².